The minimum Gasteiger partial charge on any atom is -0.314 e. The summed E-state index contributed by atoms with van der Waals surface area (Å²) in [5.74, 6) is 0. The molecule has 1 aromatic carbocycles. The monoisotopic (exact) mass is 271 g/mol. The minimum atomic E-state index is 1.08. The van der Waals surface area contributed by atoms with Crippen LogP contribution in [0.1, 0.15) is 12.0 Å². The van der Waals surface area contributed by atoms with Crippen LogP contribution in [0.2, 0.25) is 0 Å². The van der Waals surface area contributed by atoms with Crippen molar-refractivity contribution in [1.29, 1.82) is 0 Å². The molecule has 0 amide bonds. The van der Waals surface area contributed by atoms with Crippen molar-refractivity contribution in [1.82, 2.24) is 15.1 Å². The van der Waals surface area contributed by atoms with Gasteiger partial charge < -0.3 is 5.32 Å². The molecule has 2 aliphatic rings. The molecule has 0 radical (unpaired) electrons. The average molecular weight is 271 g/mol. The van der Waals surface area contributed by atoms with Crippen molar-refractivity contribution >= 4 is 0 Å². The fourth-order valence-electron chi connectivity index (χ4n) is 3.13. The highest BCUT2D eigenvalue weighted by molar-refractivity contribution is 5.16. The number of nitrogens with zero attached hydrogens (tertiary/aromatic N) is 2. The van der Waals surface area contributed by atoms with Gasteiger partial charge in [0.25, 0.3) is 0 Å². The predicted octanol–water partition coefficient (Wildman–Crippen LogP) is 1.72. The molecule has 2 aliphatic heterocycles. The summed E-state index contributed by atoms with van der Waals surface area (Å²) in [5, 5.41) is 3.42. The minimum absolute atomic E-state index is 1.08. The van der Waals surface area contributed by atoms with Gasteiger partial charge in [0, 0.05) is 52.4 Å². The predicted molar refractivity (Wildman–Crippen MR) is 83.7 cm³/mol. The molecule has 0 unspecified atom stereocenters. The summed E-state index contributed by atoms with van der Waals surface area (Å²) in [6.07, 6.45) is 3.66. The molecule has 0 bridgehead atoms. The van der Waals surface area contributed by atoms with Gasteiger partial charge >= 0.3 is 0 Å². The fourth-order valence-corrected chi connectivity index (χ4v) is 3.13. The maximum absolute atomic E-state index is 3.42. The third kappa shape index (κ3) is 3.92. The van der Waals surface area contributed by atoms with Gasteiger partial charge in [-0.25, -0.2) is 0 Å². The van der Waals surface area contributed by atoms with E-state index in [2.05, 4.69) is 51.5 Å². The summed E-state index contributed by atoms with van der Waals surface area (Å²) in [5.41, 5.74) is 3.03. The average Bonchev–Trinajstić information content (AvgIpc) is 2.50. The molecule has 0 saturated carbocycles. The summed E-state index contributed by atoms with van der Waals surface area (Å²) >= 11 is 0. The number of nitrogens with one attached hydrogen (secondary N) is 1. The molecule has 0 aliphatic carbocycles. The molecule has 2 heterocycles. The van der Waals surface area contributed by atoms with E-state index in [4.69, 9.17) is 0 Å². The van der Waals surface area contributed by atoms with Gasteiger partial charge in [-0.2, -0.15) is 0 Å². The third-order valence-corrected chi connectivity index (χ3v) is 4.19. The van der Waals surface area contributed by atoms with E-state index < -0.39 is 0 Å². The van der Waals surface area contributed by atoms with Crippen LogP contribution in [-0.2, 0) is 6.54 Å². The third-order valence-electron chi connectivity index (χ3n) is 4.19. The summed E-state index contributed by atoms with van der Waals surface area (Å²) in [6.45, 7) is 9.24. The number of hydrogen-bond acceptors (Lipinski definition) is 3. The van der Waals surface area contributed by atoms with Crippen LogP contribution in [0.15, 0.2) is 42.0 Å². The maximum atomic E-state index is 3.42. The zero-order chi connectivity index (χ0) is 13.6. The highest BCUT2D eigenvalue weighted by Crippen LogP contribution is 2.14. The first-order chi connectivity index (χ1) is 9.90. The lowest BCUT2D eigenvalue weighted by Crippen LogP contribution is -2.45. The van der Waals surface area contributed by atoms with Crippen LogP contribution in [-0.4, -0.2) is 55.6 Å². The highest BCUT2D eigenvalue weighted by Gasteiger charge is 2.16. The van der Waals surface area contributed by atoms with Crippen molar-refractivity contribution in [3.05, 3.63) is 47.5 Å². The Morgan fingerprint density at radius 3 is 2.50 bits per heavy atom. The Hall–Kier alpha value is -1.16. The molecule has 3 heteroatoms. The van der Waals surface area contributed by atoms with E-state index in [1.165, 1.54) is 31.6 Å². The summed E-state index contributed by atoms with van der Waals surface area (Å²) in [6, 6.07) is 10.8. The van der Waals surface area contributed by atoms with Crippen LogP contribution in [0, 0.1) is 0 Å². The van der Waals surface area contributed by atoms with E-state index in [0.29, 0.717) is 0 Å². The van der Waals surface area contributed by atoms with E-state index in [1.807, 2.05) is 0 Å². The van der Waals surface area contributed by atoms with Crippen LogP contribution in [0.3, 0.4) is 0 Å². The van der Waals surface area contributed by atoms with E-state index in [0.717, 1.165) is 32.7 Å². The first-order valence-electron chi connectivity index (χ1n) is 7.77. The molecule has 0 aromatic heterocycles. The zero-order valence-electron chi connectivity index (χ0n) is 12.2. The molecule has 1 saturated heterocycles. The van der Waals surface area contributed by atoms with Gasteiger partial charge in [0.15, 0.2) is 0 Å². The van der Waals surface area contributed by atoms with Crippen molar-refractivity contribution in [3.8, 4) is 0 Å². The lowest BCUT2D eigenvalue weighted by molar-refractivity contribution is 0.233. The Kier molecular flexibility index (Phi) is 4.85. The van der Waals surface area contributed by atoms with Crippen LogP contribution in [0.5, 0.6) is 0 Å². The largest absolute Gasteiger partial charge is 0.314 e. The van der Waals surface area contributed by atoms with Crippen LogP contribution < -0.4 is 5.32 Å². The second-order valence-electron chi connectivity index (χ2n) is 5.87. The number of rotatable bonds is 4. The van der Waals surface area contributed by atoms with Crippen molar-refractivity contribution in [2.24, 2.45) is 0 Å². The van der Waals surface area contributed by atoms with Crippen molar-refractivity contribution < 1.29 is 0 Å². The van der Waals surface area contributed by atoms with E-state index in [-0.39, 0.29) is 0 Å². The van der Waals surface area contributed by atoms with Gasteiger partial charge in [-0.3, -0.25) is 9.80 Å². The second-order valence-corrected chi connectivity index (χ2v) is 5.87. The van der Waals surface area contributed by atoms with Crippen LogP contribution >= 0.6 is 0 Å². The van der Waals surface area contributed by atoms with Gasteiger partial charge in [0.2, 0.25) is 0 Å². The quantitative estimate of drug-likeness (QED) is 0.841. The van der Waals surface area contributed by atoms with E-state index in [1.54, 1.807) is 5.57 Å². The molecule has 1 N–H and O–H groups in total. The van der Waals surface area contributed by atoms with E-state index in [9.17, 15) is 0 Å². The summed E-state index contributed by atoms with van der Waals surface area (Å²) < 4.78 is 0. The molecule has 3 nitrogen and oxygen atoms in total. The van der Waals surface area contributed by atoms with E-state index >= 15 is 0 Å². The van der Waals surface area contributed by atoms with Gasteiger partial charge in [-0.15, -0.1) is 0 Å². The Labute approximate surface area is 122 Å². The lowest BCUT2D eigenvalue weighted by Gasteiger charge is -2.32. The van der Waals surface area contributed by atoms with Crippen LogP contribution in [0.25, 0.3) is 0 Å². The molecule has 1 aromatic rings. The Balaban J connectivity index is 1.52. The Morgan fingerprint density at radius 1 is 0.900 bits per heavy atom. The van der Waals surface area contributed by atoms with Crippen molar-refractivity contribution in [2.75, 3.05) is 45.8 Å². The molecule has 20 heavy (non-hydrogen) atoms. The smallest absolute Gasteiger partial charge is 0.0237 e. The molecular weight excluding hydrogens is 246 g/mol. The number of piperazine rings is 1. The fraction of sp³-hybridized carbons (Fsp3) is 0.529. The second kappa shape index (κ2) is 7.02. The number of hydrogen-bond donors (Lipinski definition) is 1. The Bertz CT molecular complexity index is 435. The Morgan fingerprint density at radius 2 is 1.70 bits per heavy atom. The van der Waals surface area contributed by atoms with Crippen molar-refractivity contribution in [3.63, 3.8) is 0 Å². The highest BCUT2D eigenvalue weighted by atomic mass is 15.2. The van der Waals surface area contributed by atoms with Crippen LogP contribution in [0.4, 0.5) is 0 Å². The molecule has 0 spiro atoms. The zero-order valence-corrected chi connectivity index (χ0v) is 12.2. The molecule has 1 fully saturated rings. The number of benzene rings is 1. The SMILES string of the molecule is C1=C(CN2CCNCC2)CN(Cc2ccccc2)CC1. The first kappa shape index (κ1) is 13.8. The lowest BCUT2D eigenvalue weighted by atomic mass is 10.1. The first-order valence-corrected chi connectivity index (χ1v) is 7.77. The van der Waals surface area contributed by atoms with Gasteiger partial charge in [0.1, 0.15) is 0 Å². The van der Waals surface area contributed by atoms with Gasteiger partial charge in [-0.05, 0) is 17.6 Å². The summed E-state index contributed by atoms with van der Waals surface area (Å²) in [7, 11) is 0. The molecule has 108 valence electrons. The van der Waals surface area contributed by atoms with Crippen molar-refractivity contribution in [2.45, 2.75) is 13.0 Å². The normalized spacial score (nSPS) is 21.7. The molecule has 3 rings (SSSR count). The van der Waals surface area contributed by atoms with Gasteiger partial charge in [-0.1, -0.05) is 36.4 Å². The van der Waals surface area contributed by atoms with Gasteiger partial charge in [0.05, 0.1) is 0 Å². The standard InChI is InChI=1S/C17H25N3/c1-2-5-16(6-3-1)13-20-10-4-7-17(15-20)14-19-11-8-18-9-12-19/h1-3,5-7,18H,4,8-15H2. The summed E-state index contributed by atoms with van der Waals surface area (Å²) in [4.78, 5) is 5.15. The maximum Gasteiger partial charge on any atom is 0.0237 e. The molecular formula is C17H25N3. The topological polar surface area (TPSA) is 18.5 Å². The molecule has 0 atom stereocenters.